The Bertz CT molecular complexity index is 415. The molecule has 0 amide bonds. The van der Waals surface area contributed by atoms with Crippen LogP contribution in [0, 0.1) is 0 Å². The second kappa shape index (κ2) is 4.67. The number of aliphatic hydroxyl groups is 1. The number of hydrogen-bond acceptors (Lipinski definition) is 2. The van der Waals surface area contributed by atoms with E-state index < -0.39 is 17.5 Å². The third-order valence-corrected chi connectivity index (χ3v) is 3.86. The van der Waals surface area contributed by atoms with Crippen molar-refractivity contribution in [3.63, 3.8) is 0 Å². The molecule has 0 aliphatic heterocycles. The molecule has 0 saturated heterocycles. The third kappa shape index (κ3) is 2.05. The maximum absolute atomic E-state index is 11.6. The number of carboxylic acids is 1. The number of aliphatic hydroxyl groups excluding tert-OH is 1. The van der Waals surface area contributed by atoms with Gasteiger partial charge in [-0.15, -0.1) is 0 Å². The van der Waals surface area contributed by atoms with Crippen LogP contribution in [0.25, 0.3) is 0 Å². The Hall–Kier alpha value is -1.06. The van der Waals surface area contributed by atoms with Gasteiger partial charge in [0.1, 0.15) is 5.41 Å². The fourth-order valence-corrected chi connectivity index (χ4v) is 2.74. The van der Waals surface area contributed by atoms with Gasteiger partial charge in [-0.3, -0.25) is 4.79 Å². The molecule has 0 unspecified atom stereocenters. The first-order chi connectivity index (χ1) is 8.07. The van der Waals surface area contributed by atoms with Crippen LogP contribution in [-0.2, 0) is 10.2 Å². The molecule has 3 nitrogen and oxygen atoms in total. The molecule has 17 heavy (non-hydrogen) atoms. The number of aliphatic carboxylic acids is 1. The van der Waals surface area contributed by atoms with Crippen LogP contribution < -0.4 is 0 Å². The molecular weight excluding hydrogens is 240 g/mol. The molecule has 1 aromatic carbocycles. The van der Waals surface area contributed by atoms with Crippen molar-refractivity contribution in [2.24, 2.45) is 0 Å². The lowest BCUT2D eigenvalue weighted by molar-refractivity contribution is -0.151. The summed E-state index contributed by atoms with van der Waals surface area (Å²) in [6.45, 7) is 0. The highest BCUT2D eigenvalue weighted by molar-refractivity contribution is 6.30. The summed E-state index contributed by atoms with van der Waals surface area (Å²) in [5.74, 6) is -0.952. The predicted molar refractivity (Wildman–Crippen MR) is 65.2 cm³/mol. The molecule has 2 atom stereocenters. The zero-order valence-electron chi connectivity index (χ0n) is 9.40. The number of carbonyl (C=O) groups is 1. The molecule has 2 rings (SSSR count). The lowest BCUT2D eigenvalue weighted by atomic mass is 9.67. The van der Waals surface area contributed by atoms with Gasteiger partial charge in [-0.05, 0) is 30.5 Å². The minimum absolute atomic E-state index is 0.477. The van der Waals surface area contributed by atoms with Crippen LogP contribution in [-0.4, -0.2) is 22.3 Å². The zero-order valence-corrected chi connectivity index (χ0v) is 10.2. The summed E-state index contributed by atoms with van der Waals surface area (Å²) in [6.07, 6.45) is 1.89. The molecule has 0 heterocycles. The number of rotatable bonds is 2. The van der Waals surface area contributed by atoms with E-state index in [2.05, 4.69) is 0 Å². The van der Waals surface area contributed by atoms with Gasteiger partial charge in [-0.25, -0.2) is 0 Å². The summed E-state index contributed by atoms with van der Waals surface area (Å²) in [7, 11) is 0. The molecule has 0 radical (unpaired) electrons. The van der Waals surface area contributed by atoms with E-state index >= 15 is 0 Å². The smallest absolute Gasteiger partial charge is 0.316 e. The zero-order chi connectivity index (χ0) is 12.5. The van der Waals surface area contributed by atoms with E-state index in [1.54, 1.807) is 24.3 Å². The van der Waals surface area contributed by atoms with Crippen LogP contribution in [0.15, 0.2) is 24.3 Å². The molecule has 0 aromatic heterocycles. The van der Waals surface area contributed by atoms with E-state index in [1.165, 1.54) is 0 Å². The topological polar surface area (TPSA) is 57.5 Å². The van der Waals surface area contributed by atoms with Crippen molar-refractivity contribution in [2.45, 2.75) is 37.2 Å². The second-order valence-corrected chi connectivity index (χ2v) is 4.98. The molecule has 1 aliphatic carbocycles. The van der Waals surface area contributed by atoms with Crippen LogP contribution in [0.4, 0.5) is 0 Å². The van der Waals surface area contributed by atoms with Gasteiger partial charge in [0.2, 0.25) is 0 Å². The molecule has 0 spiro atoms. The van der Waals surface area contributed by atoms with Crippen LogP contribution in [0.1, 0.15) is 31.2 Å². The maximum Gasteiger partial charge on any atom is 0.316 e. The van der Waals surface area contributed by atoms with Gasteiger partial charge in [0, 0.05) is 5.02 Å². The largest absolute Gasteiger partial charge is 0.481 e. The van der Waals surface area contributed by atoms with Crippen LogP contribution in [0.3, 0.4) is 0 Å². The molecular formula is C13H15ClO3. The van der Waals surface area contributed by atoms with Crippen molar-refractivity contribution in [3.8, 4) is 0 Å². The van der Waals surface area contributed by atoms with Gasteiger partial charge in [0.05, 0.1) is 6.10 Å². The van der Waals surface area contributed by atoms with Gasteiger partial charge in [0.25, 0.3) is 0 Å². The SMILES string of the molecule is O=C(O)[C@]1(c2ccc(Cl)cc2)CCCC[C@@H]1O. The maximum atomic E-state index is 11.6. The Balaban J connectivity index is 2.46. The average molecular weight is 255 g/mol. The third-order valence-electron chi connectivity index (χ3n) is 3.61. The van der Waals surface area contributed by atoms with Crippen LogP contribution in [0.2, 0.25) is 5.02 Å². The molecule has 4 heteroatoms. The molecule has 92 valence electrons. The lowest BCUT2D eigenvalue weighted by Gasteiger charge is -2.38. The number of hydrogen-bond donors (Lipinski definition) is 2. The van der Waals surface area contributed by atoms with E-state index in [0.29, 0.717) is 23.4 Å². The standard InChI is InChI=1S/C13H15ClO3/c14-10-6-4-9(5-7-10)13(12(16)17)8-2-1-3-11(13)15/h4-7,11,15H,1-3,8H2,(H,16,17)/t11-,13-/m0/s1. The van der Waals surface area contributed by atoms with Crippen molar-refractivity contribution >= 4 is 17.6 Å². The van der Waals surface area contributed by atoms with Crippen molar-refractivity contribution in [1.29, 1.82) is 0 Å². The Morgan fingerprint density at radius 2 is 1.94 bits per heavy atom. The molecule has 0 bridgehead atoms. The average Bonchev–Trinajstić information content (AvgIpc) is 2.31. The fourth-order valence-electron chi connectivity index (χ4n) is 2.61. The minimum Gasteiger partial charge on any atom is -0.481 e. The van der Waals surface area contributed by atoms with Crippen molar-refractivity contribution in [3.05, 3.63) is 34.9 Å². The Morgan fingerprint density at radius 1 is 1.29 bits per heavy atom. The van der Waals surface area contributed by atoms with Crippen molar-refractivity contribution < 1.29 is 15.0 Å². The monoisotopic (exact) mass is 254 g/mol. The summed E-state index contributed by atoms with van der Waals surface area (Å²) >= 11 is 5.80. The Labute approximate surface area is 105 Å². The molecule has 1 saturated carbocycles. The first-order valence-electron chi connectivity index (χ1n) is 5.75. The van der Waals surface area contributed by atoms with Gasteiger partial charge in [-0.2, -0.15) is 0 Å². The first kappa shape index (κ1) is 12.4. The molecule has 1 aliphatic rings. The summed E-state index contributed by atoms with van der Waals surface area (Å²) in [5, 5.41) is 20.2. The number of halogens is 1. The van der Waals surface area contributed by atoms with E-state index in [4.69, 9.17) is 11.6 Å². The van der Waals surface area contributed by atoms with Gasteiger partial charge >= 0.3 is 5.97 Å². The van der Waals surface area contributed by atoms with E-state index in [1.807, 2.05) is 0 Å². The normalized spacial score (nSPS) is 28.9. The summed E-state index contributed by atoms with van der Waals surface area (Å²) in [6, 6.07) is 6.74. The highest BCUT2D eigenvalue weighted by Gasteiger charge is 2.48. The summed E-state index contributed by atoms with van der Waals surface area (Å²) < 4.78 is 0. The highest BCUT2D eigenvalue weighted by Crippen LogP contribution is 2.40. The first-order valence-corrected chi connectivity index (χ1v) is 6.12. The van der Waals surface area contributed by atoms with Crippen molar-refractivity contribution in [2.75, 3.05) is 0 Å². The predicted octanol–water partition coefficient (Wildman–Crippen LogP) is 2.60. The minimum atomic E-state index is -1.16. The fraction of sp³-hybridized carbons (Fsp3) is 0.462. The molecule has 2 N–H and O–H groups in total. The lowest BCUT2D eigenvalue weighted by Crippen LogP contribution is -2.48. The Morgan fingerprint density at radius 3 is 2.47 bits per heavy atom. The number of carboxylic acid groups (broad SMARTS) is 1. The second-order valence-electron chi connectivity index (χ2n) is 4.54. The van der Waals surface area contributed by atoms with Crippen LogP contribution >= 0.6 is 11.6 Å². The van der Waals surface area contributed by atoms with Gasteiger partial charge < -0.3 is 10.2 Å². The van der Waals surface area contributed by atoms with Crippen LogP contribution in [0.5, 0.6) is 0 Å². The van der Waals surface area contributed by atoms with E-state index in [-0.39, 0.29) is 0 Å². The highest BCUT2D eigenvalue weighted by atomic mass is 35.5. The number of benzene rings is 1. The summed E-state index contributed by atoms with van der Waals surface area (Å²) in [4.78, 5) is 11.6. The quantitative estimate of drug-likeness (QED) is 0.853. The van der Waals surface area contributed by atoms with E-state index in [9.17, 15) is 15.0 Å². The van der Waals surface area contributed by atoms with Crippen molar-refractivity contribution in [1.82, 2.24) is 0 Å². The van der Waals surface area contributed by atoms with E-state index in [0.717, 1.165) is 12.8 Å². The van der Waals surface area contributed by atoms with Gasteiger partial charge in [0.15, 0.2) is 0 Å². The summed E-state index contributed by atoms with van der Waals surface area (Å²) in [5.41, 5.74) is -0.523. The van der Waals surface area contributed by atoms with Gasteiger partial charge in [-0.1, -0.05) is 36.6 Å². The molecule has 1 aromatic rings. The Kier molecular flexibility index (Phi) is 3.40. The molecule has 1 fully saturated rings.